The Kier molecular flexibility index (Phi) is 5.44. The molecule has 0 aliphatic carbocycles. The van der Waals surface area contributed by atoms with E-state index in [1.165, 1.54) is 0 Å². The van der Waals surface area contributed by atoms with E-state index in [2.05, 4.69) is 27.7 Å². The van der Waals surface area contributed by atoms with Crippen LogP contribution in [0.1, 0.15) is 47.0 Å². The molecule has 3 atom stereocenters. The summed E-state index contributed by atoms with van der Waals surface area (Å²) >= 11 is 0. The Hall–Kier alpha value is -0.570. The summed E-state index contributed by atoms with van der Waals surface area (Å²) < 4.78 is 0. The van der Waals surface area contributed by atoms with E-state index in [0.29, 0.717) is 42.7 Å². The molecule has 1 aliphatic heterocycles. The minimum Gasteiger partial charge on any atom is -0.340 e. The molecule has 0 aromatic rings. The first-order valence-electron chi connectivity index (χ1n) is 6.93. The molecule has 0 spiro atoms. The zero-order valence-electron chi connectivity index (χ0n) is 11.8. The van der Waals surface area contributed by atoms with Crippen molar-refractivity contribution >= 4 is 5.91 Å². The summed E-state index contributed by atoms with van der Waals surface area (Å²) in [5.74, 6) is 1.92. The van der Waals surface area contributed by atoms with Gasteiger partial charge in [0.2, 0.25) is 5.91 Å². The van der Waals surface area contributed by atoms with Crippen LogP contribution in [0, 0.1) is 17.8 Å². The Bertz CT molecular complexity index is 253. The lowest BCUT2D eigenvalue weighted by atomic mass is 9.93. The van der Waals surface area contributed by atoms with Crippen LogP contribution in [-0.4, -0.2) is 29.9 Å². The normalized spacial score (nSPS) is 26.6. The van der Waals surface area contributed by atoms with E-state index in [9.17, 15) is 4.79 Å². The number of carbonyl (C=O) groups is 1. The summed E-state index contributed by atoms with van der Waals surface area (Å²) in [7, 11) is 0. The summed E-state index contributed by atoms with van der Waals surface area (Å²) in [6.45, 7) is 10.3. The van der Waals surface area contributed by atoms with Gasteiger partial charge >= 0.3 is 0 Å². The minimum atomic E-state index is 0.304. The molecule has 1 rings (SSSR count). The van der Waals surface area contributed by atoms with Crippen LogP contribution in [0.15, 0.2) is 0 Å². The second kappa shape index (κ2) is 6.39. The predicted molar refractivity (Wildman–Crippen MR) is 71.6 cm³/mol. The first-order chi connectivity index (χ1) is 7.93. The third-order valence-electron chi connectivity index (χ3n) is 3.71. The monoisotopic (exact) mass is 240 g/mol. The summed E-state index contributed by atoms with van der Waals surface area (Å²) in [5.41, 5.74) is 5.76. The molecule has 1 amide bonds. The second-order valence-electron chi connectivity index (χ2n) is 6.17. The molecule has 0 saturated carbocycles. The summed E-state index contributed by atoms with van der Waals surface area (Å²) in [4.78, 5) is 14.3. The van der Waals surface area contributed by atoms with Gasteiger partial charge in [0.05, 0.1) is 0 Å². The van der Waals surface area contributed by atoms with Gasteiger partial charge in [0.1, 0.15) is 0 Å². The zero-order chi connectivity index (χ0) is 13.0. The highest BCUT2D eigenvalue weighted by Gasteiger charge is 2.30. The van der Waals surface area contributed by atoms with E-state index in [4.69, 9.17) is 5.73 Å². The van der Waals surface area contributed by atoms with Gasteiger partial charge in [-0.3, -0.25) is 4.79 Å². The van der Waals surface area contributed by atoms with Crippen LogP contribution in [0.4, 0.5) is 0 Å². The first kappa shape index (κ1) is 14.5. The molecule has 3 unspecified atom stereocenters. The van der Waals surface area contributed by atoms with Crippen molar-refractivity contribution in [2.75, 3.05) is 13.1 Å². The quantitative estimate of drug-likeness (QED) is 0.801. The molecule has 0 aromatic carbocycles. The van der Waals surface area contributed by atoms with Crippen molar-refractivity contribution in [3.63, 3.8) is 0 Å². The smallest absolute Gasteiger partial charge is 0.223 e. The third-order valence-corrected chi connectivity index (χ3v) is 3.71. The average molecular weight is 240 g/mol. The van der Waals surface area contributed by atoms with Gasteiger partial charge in [-0.25, -0.2) is 0 Å². The topological polar surface area (TPSA) is 46.3 Å². The van der Waals surface area contributed by atoms with E-state index < -0.39 is 0 Å². The van der Waals surface area contributed by atoms with Crippen LogP contribution in [0.25, 0.3) is 0 Å². The van der Waals surface area contributed by atoms with Crippen LogP contribution in [-0.2, 0) is 4.79 Å². The molecule has 0 aromatic heterocycles. The number of nitrogens with zero attached hydrogens (tertiary/aromatic N) is 1. The predicted octanol–water partition coefficient (Wildman–Crippen LogP) is 2.25. The number of hydrogen-bond donors (Lipinski definition) is 1. The molecule has 100 valence electrons. The molecule has 0 radical (unpaired) electrons. The van der Waals surface area contributed by atoms with Crippen molar-refractivity contribution < 1.29 is 4.79 Å². The van der Waals surface area contributed by atoms with Gasteiger partial charge in [0, 0.05) is 19.0 Å². The third kappa shape index (κ3) is 4.30. The second-order valence-corrected chi connectivity index (χ2v) is 6.17. The van der Waals surface area contributed by atoms with Gasteiger partial charge in [-0.1, -0.05) is 20.8 Å². The molecule has 3 nitrogen and oxygen atoms in total. The molecule has 1 fully saturated rings. The lowest BCUT2D eigenvalue weighted by Crippen LogP contribution is -2.36. The standard InChI is InChI=1S/C14H28N2O/c1-10(2)5-13(8-15)7-14(17)16-9-11(3)6-12(16)4/h10-13H,5-9,15H2,1-4H3. The van der Waals surface area contributed by atoms with E-state index in [-0.39, 0.29) is 0 Å². The van der Waals surface area contributed by atoms with Crippen LogP contribution in [0.5, 0.6) is 0 Å². The molecular formula is C14H28N2O. The highest BCUT2D eigenvalue weighted by Crippen LogP contribution is 2.25. The number of likely N-dealkylation sites (tertiary alicyclic amines) is 1. The van der Waals surface area contributed by atoms with Gasteiger partial charge in [-0.2, -0.15) is 0 Å². The fourth-order valence-electron chi connectivity index (χ4n) is 2.94. The van der Waals surface area contributed by atoms with E-state index in [0.717, 1.165) is 19.4 Å². The van der Waals surface area contributed by atoms with Crippen molar-refractivity contribution in [1.82, 2.24) is 4.90 Å². The summed E-state index contributed by atoms with van der Waals surface area (Å²) in [5, 5.41) is 0. The number of hydrogen-bond acceptors (Lipinski definition) is 2. The van der Waals surface area contributed by atoms with Gasteiger partial charge in [0.25, 0.3) is 0 Å². The SMILES string of the molecule is CC(C)CC(CN)CC(=O)N1CC(C)CC1C. The molecule has 17 heavy (non-hydrogen) atoms. The Morgan fingerprint density at radius 1 is 1.41 bits per heavy atom. The molecule has 0 bridgehead atoms. The Morgan fingerprint density at radius 3 is 2.47 bits per heavy atom. The molecule has 1 aliphatic rings. The maximum Gasteiger partial charge on any atom is 0.223 e. The molecule has 3 heteroatoms. The van der Waals surface area contributed by atoms with Crippen LogP contribution < -0.4 is 5.73 Å². The molecule has 1 heterocycles. The van der Waals surface area contributed by atoms with E-state index in [1.54, 1.807) is 0 Å². The Labute approximate surface area is 106 Å². The zero-order valence-corrected chi connectivity index (χ0v) is 11.8. The van der Waals surface area contributed by atoms with E-state index >= 15 is 0 Å². The molecular weight excluding hydrogens is 212 g/mol. The summed E-state index contributed by atoms with van der Waals surface area (Å²) in [6, 6.07) is 0.412. The Morgan fingerprint density at radius 2 is 2.06 bits per heavy atom. The average Bonchev–Trinajstić information content (AvgIpc) is 2.56. The van der Waals surface area contributed by atoms with Crippen molar-refractivity contribution in [2.45, 2.75) is 53.0 Å². The molecule has 2 N–H and O–H groups in total. The van der Waals surface area contributed by atoms with Crippen LogP contribution in [0.3, 0.4) is 0 Å². The minimum absolute atomic E-state index is 0.304. The lowest BCUT2D eigenvalue weighted by molar-refractivity contribution is -0.132. The van der Waals surface area contributed by atoms with Crippen molar-refractivity contribution in [1.29, 1.82) is 0 Å². The largest absolute Gasteiger partial charge is 0.340 e. The lowest BCUT2D eigenvalue weighted by Gasteiger charge is -2.24. The summed E-state index contributed by atoms with van der Waals surface area (Å²) in [6.07, 6.45) is 2.83. The fourth-order valence-corrected chi connectivity index (χ4v) is 2.94. The van der Waals surface area contributed by atoms with Crippen LogP contribution in [0.2, 0.25) is 0 Å². The van der Waals surface area contributed by atoms with Crippen molar-refractivity contribution in [3.05, 3.63) is 0 Å². The van der Waals surface area contributed by atoms with Crippen LogP contribution >= 0.6 is 0 Å². The maximum atomic E-state index is 12.2. The van der Waals surface area contributed by atoms with Gasteiger partial charge in [0.15, 0.2) is 0 Å². The number of nitrogens with two attached hydrogens (primary N) is 1. The van der Waals surface area contributed by atoms with Crippen molar-refractivity contribution in [3.8, 4) is 0 Å². The van der Waals surface area contributed by atoms with Crippen molar-refractivity contribution in [2.24, 2.45) is 23.5 Å². The first-order valence-corrected chi connectivity index (χ1v) is 6.93. The highest BCUT2D eigenvalue weighted by atomic mass is 16.2. The maximum absolute atomic E-state index is 12.2. The molecule has 1 saturated heterocycles. The fraction of sp³-hybridized carbons (Fsp3) is 0.929. The number of amides is 1. The number of carbonyl (C=O) groups excluding carboxylic acids is 1. The van der Waals surface area contributed by atoms with Gasteiger partial charge < -0.3 is 10.6 Å². The van der Waals surface area contributed by atoms with E-state index in [1.807, 2.05) is 4.90 Å². The highest BCUT2D eigenvalue weighted by molar-refractivity contribution is 5.77. The van der Waals surface area contributed by atoms with Gasteiger partial charge in [-0.05, 0) is 44.1 Å². The van der Waals surface area contributed by atoms with Gasteiger partial charge in [-0.15, -0.1) is 0 Å². The number of rotatable bonds is 5. The Balaban J connectivity index is 2.47.